The van der Waals surface area contributed by atoms with Crippen LogP contribution in [-0.4, -0.2) is 75.3 Å². The lowest BCUT2D eigenvalue weighted by Crippen LogP contribution is -2.53. The number of aromatic nitrogens is 2. The van der Waals surface area contributed by atoms with Crippen molar-refractivity contribution < 1.29 is 9.59 Å². The second kappa shape index (κ2) is 12.1. The van der Waals surface area contributed by atoms with Crippen molar-refractivity contribution in [3.63, 3.8) is 0 Å². The number of fused-ring (bicyclic) bond motifs is 1. The van der Waals surface area contributed by atoms with Gasteiger partial charge in [0.25, 0.3) is 5.91 Å². The SMILES string of the molecule is O=C(c1ccc(Cl)cc1Cl)N1CCN(C(=O)C2CCN(Cc3nc4ccccc4n3-c3ccc(Br)cc3)CC2)CC1. The van der Waals surface area contributed by atoms with Crippen LogP contribution in [0.15, 0.2) is 71.2 Å². The van der Waals surface area contributed by atoms with Crippen molar-refractivity contribution in [3.05, 3.63) is 92.6 Å². The summed E-state index contributed by atoms with van der Waals surface area (Å²) in [7, 11) is 0. The zero-order valence-electron chi connectivity index (χ0n) is 22.5. The van der Waals surface area contributed by atoms with E-state index in [0.29, 0.717) is 41.8 Å². The van der Waals surface area contributed by atoms with Crippen LogP contribution in [0.2, 0.25) is 10.0 Å². The van der Waals surface area contributed by atoms with Crippen LogP contribution < -0.4 is 0 Å². The van der Waals surface area contributed by atoms with Crippen LogP contribution in [0.4, 0.5) is 0 Å². The van der Waals surface area contributed by atoms with Crippen LogP contribution in [0, 0.1) is 5.92 Å². The number of halogens is 3. The maximum Gasteiger partial charge on any atom is 0.255 e. The number of carbonyl (C=O) groups excluding carboxylic acids is 2. The summed E-state index contributed by atoms with van der Waals surface area (Å²) in [6.45, 7) is 4.46. The Kier molecular flexibility index (Phi) is 8.35. The van der Waals surface area contributed by atoms with Crippen molar-refractivity contribution in [3.8, 4) is 5.69 Å². The molecule has 0 spiro atoms. The van der Waals surface area contributed by atoms with E-state index in [1.54, 1.807) is 23.1 Å². The number of hydrogen-bond donors (Lipinski definition) is 0. The second-order valence-electron chi connectivity index (χ2n) is 10.6. The first kappa shape index (κ1) is 28.2. The highest BCUT2D eigenvalue weighted by Gasteiger charge is 2.32. The number of hydrogen-bond acceptors (Lipinski definition) is 4. The third-order valence-electron chi connectivity index (χ3n) is 8.06. The minimum atomic E-state index is -0.124. The van der Waals surface area contributed by atoms with E-state index in [4.69, 9.17) is 28.2 Å². The Morgan fingerprint density at radius 1 is 0.854 bits per heavy atom. The number of benzene rings is 3. The van der Waals surface area contributed by atoms with E-state index in [1.807, 2.05) is 29.2 Å². The summed E-state index contributed by atoms with van der Waals surface area (Å²) >= 11 is 15.8. The highest BCUT2D eigenvalue weighted by molar-refractivity contribution is 9.10. The van der Waals surface area contributed by atoms with Crippen LogP contribution in [0.25, 0.3) is 16.7 Å². The predicted octanol–water partition coefficient (Wildman–Crippen LogP) is 6.29. The summed E-state index contributed by atoms with van der Waals surface area (Å²) < 4.78 is 3.27. The molecule has 0 bridgehead atoms. The van der Waals surface area contributed by atoms with Crippen molar-refractivity contribution in [2.24, 2.45) is 5.92 Å². The minimum Gasteiger partial charge on any atom is -0.339 e. The van der Waals surface area contributed by atoms with Gasteiger partial charge in [0.05, 0.1) is 28.2 Å². The third-order valence-corrected chi connectivity index (χ3v) is 9.13. The normalized spacial score (nSPS) is 16.9. The van der Waals surface area contributed by atoms with Gasteiger partial charge in [0.1, 0.15) is 5.82 Å². The van der Waals surface area contributed by atoms with Crippen molar-refractivity contribution >= 4 is 62.0 Å². The molecule has 4 aromatic rings. The van der Waals surface area contributed by atoms with Crippen molar-refractivity contribution in [2.75, 3.05) is 39.3 Å². The van der Waals surface area contributed by atoms with Gasteiger partial charge in [0.2, 0.25) is 5.91 Å². The van der Waals surface area contributed by atoms with E-state index < -0.39 is 0 Å². The average molecular weight is 655 g/mol. The average Bonchev–Trinajstić information content (AvgIpc) is 3.35. The van der Waals surface area contributed by atoms with Gasteiger partial charge >= 0.3 is 0 Å². The lowest BCUT2D eigenvalue weighted by atomic mass is 9.95. The molecular weight excluding hydrogens is 625 g/mol. The summed E-state index contributed by atoms with van der Waals surface area (Å²) in [5.74, 6) is 1.08. The van der Waals surface area contributed by atoms with Crippen LogP contribution in [0.1, 0.15) is 29.0 Å². The zero-order valence-corrected chi connectivity index (χ0v) is 25.6. The van der Waals surface area contributed by atoms with E-state index >= 15 is 0 Å². The van der Waals surface area contributed by atoms with Gasteiger partial charge in [0, 0.05) is 47.3 Å². The van der Waals surface area contributed by atoms with Crippen LogP contribution in [0.3, 0.4) is 0 Å². The predicted molar refractivity (Wildman–Crippen MR) is 166 cm³/mol. The van der Waals surface area contributed by atoms with Gasteiger partial charge in [-0.25, -0.2) is 4.98 Å². The summed E-state index contributed by atoms with van der Waals surface area (Å²) in [6, 6.07) is 21.4. The summed E-state index contributed by atoms with van der Waals surface area (Å²) in [6.07, 6.45) is 1.63. The van der Waals surface area contributed by atoms with Gasteiger partial charge in [-0.05, 0) is 80.5 Å². The number of piperidine rings is 1. The summed E-state index contributed by atoms with van der Waals surface area (Å²) in [4.78, 5) is 37.4. The first-order chi connectivity index (χ1) is 19.9. The van der Waals surface area contributed by atoms with Gasteiger partial charge < -0.3 is 9.80 Å². The number of carbonyl (C=O) groups is 2. The van der Waals surface area contributed by atoms with Crippen LogP contribution in [-0.2, 0) is 11.3 Å². The molecule has 2 saturated heterocycles. The molecule has 2 aliphatic heterocycles. The Balaban J connectivity index is 1.06. The second-order valence-corrected chi connectivity index (χ2v) is 12.4. The molecule has 0 aliphatic carbocycles. The van der Waals surface area contributed by atoms with Gasteiger partial charge in [-0.15, -0.1) is 0 Å². The molecule has 2 fully saturated rings. The lowest BCUT2D eigenvalue weighted by molar-refractivity contribution is -0.138. The molecule has 3 heterocycles. The van der Waals surface area contributed by atoms with E-state index in [1.165, 1.54) is 0 Å². The summed E-state index contributed by atoms with van der Waals surface area (Å²) in [5, 5.41) is 0.844. The number of piperazine rings is 1. The molecule has 6 rings (SSSR count). The topological polar surface area (TPSA) is 61.7 Å². The summed E-state index contributed by atoms with van der Waals surface area (Å²) in [5.41, 5.74) is 3.59. The number of imidazole rings is 1. The monoisotopic (exact) mass is 653 g/mol. The molecule has 0 unspecified atom stereocenters. The fourth-order valence-electron chi connectivity index (χ4n) is 5.82. The molecule has 0 atom stereocenters. The van der Waals surface area contributed by atoms with E-state index in [9.17, 15) is 9.59 Å². The van der Waals surface area contributed by atoms with Gasteiger partial charge in [-0.1, -0.05) is 51.3 Å². The Morgan fingerprint density at radius 2 is 1.54 bits per heavy atom. The van der Waals surface area contributed by atoms with Crippen molar-refractivity contribution in [1.82, 2.24) is 24.3 Å². The fourth-order valence-corrected chi connectivity index (χ4v) is 6.57. The van der Waals surface area contributed by atoms with E-state index in [2.05, 4.69) is 49.7 Å². The first-order valence-electron chi connectivity index (χ1n) is 13.8. The first-order valence-corrected chi connectivity index (χ1v) is 15.4. The number of amides is 2. The lowest BCUT2D eigenvalue weighted by Gasteiger charge is -2.38. The van der Waals surface area contributed by atoms with E-state index in [0.717, 1.165) is 59.5 Å². The minimum absolute atomic E-state index is 0.00417. The highest BCUT2D eigenvalue weighted by Crippen LogP contribution is 2.27. The van der Waals surface area contributed by atoms with Crippen LogP contribution in [0.5, 0.6) is 0 Å². The molecule has 2 aliphatic rings. The Morgan fingerprint density at radius 3 is 2.24 bits per heavy atom. The molecule has 10 heteroatoms. The molecular formula is C31H30BrCl2N5O2. The maximum atomic E-state index is 13.4. The Bertz CT molecular complexity index is 1580. The molecule has 1 aromatic heterocycles. The van der Waals surface area contributed by atoms with Crippen molar-refractivity contribution in [1.29, 1.82) is 0 Å². The quantitative estimate of drug-likeness (QED) is 0.254. The number of likely N-dealkylation sites (tertiary alicyclic amines) is 1. The molecule has 41 heavy (non-hydrogen) atoms. The Hall–Kier alpha value is -2.91. The molecule has 7 nitrogen and oxygen atoms in total. The van der Waals surface area contributed by atoms with E-state index in [-0.39, 0.29) is 17.7 Å². The number of nitrogens with zero attached hydrogens (tertiary/aromatic N) is 5. The Labute approximate surface area is 257 Å². The van der Waals surface area contributed by atoms with Crippen LogP contribution >= 0.6 is 39.1 Å². The third kappa shape index (κ3) is 6.02. The fraction of sp³-hybridized carbons (Fsp3) is 0.323. The molecule has 3 aromatic carbocycles. The number of para-hydroxylation sites is 2. The molecule has 0 N–H and O–H groups in total. The number of rotatable bonds is 5. The maximum absolute atomic E-state index is 13.4. The van der Waals surface area contributed by atoms with Gasteiger partial charge in [-0.2, -0.15) is 0 Å². The smallest absolute Gasteiger partial charge is 0.255 e. The highest BCUT2D eigenvalue weighted by atomic mass is 79.9. The molecule has 212 valence electrons. The van der Waals surface area contributed by atoms with Crippen molar-refractivity contribution in [2.45, 2.75) is 19.4 Å². The van der Waals surface area contributed by atoms with Gasteiger partial charge in [-0.3, -0.25) is 19.1 Å². The molecule has 0 saturated carbocycles. The van der Waals surface area contributed by atoms with Gasteiger partial charge in [0.15, 0.2) is 0 Å². The molecule has 2 amide bonds. The molecule has 0 radical (unpaired) electrons. The zero-order chi connectivity index (χ0) is 28.5. The largest absolute Gasteiger partial charge is 0.339 e. The standard InChI is InChI=1S/C31H30BrCl2N5O2/c32-22-5-8-24(9-6-22)39-28-4-2-1-3-27(28)35-29(39)20-36-13-11-21(12-14-36)30(40)37-15-17-38(18-16-37)31(41)25-10-7-23(33)19-26(25)34/h1-10,19,21H,11-18,20H2.